The molecule has 0 aromatic carbocycles. The largest absolute Gasteiger partial charge is 0.298 e. The van der Waals surface area contributed by atoms with Gasteiger partial charge in [-0.1, -0.05) is 5.21 Å². The van der Waals surface area contributed by atoms with Crippen LogP contribution in [-0.4, -0.2) is 44.4 Å². The smallest absolute Gasteiger partial charge is 0.249 e. The fourth-order valence-electron chi connectivity index (χ4n) is 1.79. The van der Waals surface area contributed by atoms with Crippen LogP contribution in [-0.2, 0) is 0 Å². The van der Waals surface area contributed by atoms with Crippen LogP contribution in [0.3, 0.4) is 0 Å². The SMILES string of the molecule is CC(C)N(CCC(=O)n1ccnn1)C(C)C. The lowest BCUT2D eigenvalue weighted by molar-refractivity contribution is 0.0842. The van der Waals surface area contributed by atoms with E-state index in [1.807, 2.05) is 0 Å². The van der Waals surface area contributed by atoms with Crippen molar-refractivity contribution in [2.24, 2.45) is 0 Å². The van der Waals surface area contributed by atoms with E-state index in [4.69, 9.17) is 0 Å². The molecular weight excluding hydrogens is 204 g/mol. The summed E-state index contributed by atoms with van der Waals surface area (Å²) in [5.74, 6) is -0.0104. The minimum atomic E-state index is -0.0104. The van der Waals surface area contributed by atoms with E-state index in [9.17, 15) is 4.79 Å². The van der Waals surface area contributed by atoms with Gasteiger partial charge in [0.15, 0.2) is 0 Å². The summed E-state index contributed by atoms with van der Waals surface area (Å²) in [6.07, 6.45) is 3.57. The van der Waals surface area contributed by atoms with Crippen LogP contribution in [0.5, 0.6) is 0 Å². The van der Waals surface area contributed by atoms with Crippen molar-refractivity contribution in [2.75, 3.05) is 6.54 Å². The molecule has 0 bridgehead atoms. The van der Waals surface area contributed by atoms with Gasteiger partial charge in [-0.05, 0) is 27.7 Å². The Bertz CT molecular complexity index is 311. The molecule has 90 valence electrons. The molecule has 0 amide bonds. The molecule has 0 atom stereocenters. The van der Waals surface area contributed by atoms with Gasteiger partial charge in [0.2, 0.25) is 5.91 Å². The van der Waals surface area contributed by atoms with Crippen LogP contribution in [0.1, 0.15) is 38.9 Å². The lowest BCUT2D eigenvalue weighted by Crippen LogP contribution is -2.38. The molecule has 5 nitrogen and oxygen atoms in total. The second-order valence-corrected chi connectivity index (χ2v) is 4.42. The maximum Gasteiger partial charge on any atom is 0.249 e. The standard InChI is InChI=1S/C11H20N4O/c1-9(2)14(10(3)4)7-5-11(16)15-8-6-12-13-15/h6,8-10H,5,7H2,1-4H3. The van der Waals surface area contributed by atoms with Gasteiger partial charge in [-0.15, -0.1) is 5.10 Å². The molecule has 0 saturated heterocycles. The van der Waals surface area contributed by atoms with E-state index < -0.39 is 0 Å². The highest BCUT2D eigenvalue weighted by Crippen LogP contribution is 2.06. The number of hydrogen-bond acceptors (Lipinski definition) is 4. The molecule has 0 N–H and O–H groups in total. The highest BCUT2D eigenvalue weighted by atomic mass is 16.2. The molecule has 0 unspecified atom stereocenters. The van der Waals surface area contributed by atoms with Crippen LogP contribution in [0.4, 0.5) is 0 Å². The molecule has 0 aliphatic rings. The molecule has 1 aromatic heterocycles. The van der Waals surface area contributed by atoms with Crippen LogP contribution >= 0.6 is 0 Å². The van der Waals surface area contributed by atoms with E-state index in [1.54, 1.807) is 6.20 Å². The fourth-order valence-corrected chi connectivity index (χ4v) is 1.79. The first-order chi connectivity index (χ1) is 7.52. The average Bonchev–Trinajstić information content (AvgIpc) is 2.69. The van der Waals surface area contributed by atoms with Gasteiger partial charge in [0.25, 0.3) is 0 Å². The molecule has 1 heterocycles. The summed E-state index contributed by atoms with van der Waals surface area (Å²) in [6, 6.07) is 0.895. The van der Waals surface area contributed by atoms with Crippen molar-refractivity contribution in [1.29, 1.82) is 0 Å². The van der Waals surface area contributed by atoms with E-state index in [-0.39, 0.29) is 5.91 Å². The minimum absolute atomic E-state index is 0.0104. The van der Waals surface area contributed by atoms with Crippen molar-refractivity contribution in [2.45, 2.75) is 46.2 Å². The first-order valence-corrected chi connectivity index (χ1v) is 5.67. The van der Waals surface area contributed by atoms with E-state index in [1.165, 1.54) is 10.9 Å². The van der Waals surface area contributed by atoms with Crippen LogP contribution in [0.2, 0.25) is 0 Å². The third-order valence-corrected chi connectivity index (χ3v) is 2.59. The number of carbonyl (C=O) groups excluding carboxylic acids is 1. The number of rotatable bonds is 5. The van der Waals surface area contributed by atoms with E-state index in [2.05, 4.69) is 42.9 Å². The maximum absolute atomic E-state index is 11.7. The summed E-state index contributed by atoms with van der Waals surface area (Å²) >= 11 is 0. The predicted octanol–water partition coefficient (Wildman–Crippen LogP) is 1.43. The number of aromatic nitrogens is 3. The Morgan fingerprint density at radius 3 is 2.38 bits per heavy atom. The molecule has 5 heteroatoms. The first-order valence-electron chi connectivity index (χ1n) is 5.67. The van der Waals surface area contributed by atoms with Gasteiger partial charge < -0.3 is 0 Å². The van der Waals surface area contributed by atoms with Gasteiger partial charge >= 0.3 is 0 Å². The van der Waals surface area contributed by atoms with Gasteiger partial charge in [-0.2, -0.15) is 4.68 Å². The van der Waals surface area contributed by atoms with Gasteiger partial charge in [0.1, 0.15) is 0 Å². The zero-order chi connectivity index (χ0) is 12.1. The quantitative estimate of drug-likeness (QED) is 0.759. The molecule has 0 fully saturated rings. The molecule has 0 spiro atoms. The van der Waals surface area contributed by atoms with Crippen LogP contribution < -0.4 is 0 Å². The Labute approximate surface area is 96.4 Å². The van der Waals surface area contributed by atoms with Crippen molar-refractivity contribution < 1.29 is 4.79 Å². The lowest BCUT2D eigenvalue weighted by atomic mass is 10.2. The summed E-state index contributed by atoms with van der Waals surface area (Å²) < 4.78 is 1.29. The summed E-state index contributed by atoms with van der Waals surface area (Å²) in [7, 11) is 0. The Hall–Kier alpha value is -1.23. The zero-order valence-electron chi connectivity index (χ0n) is 10.4. The van der Waals surface area contributed by atoms with Crippen LogP contribution in [0.25, 0.3) is 0 Å². The second-order valence-electron chi connectivity index (χ2n) is 4.42. The van der Waals surface area contributed by atoms with Crippen molar-refractivity contribution in [3.63, 3.8) is 0 Å². The molecule has 16 heavy (non-hydrogen) atoms. The van der Waals surface area contributed by atoms with E-state index in [0.29, 0.717) is 18.5 Å². The van der Waals surface area contributed by atoms with Gasteiger partial charge in [0, 0.05) is 25.0 Å². The lowest BCUT2D eigenvalue weighted by Gasteiger charge is -2.30. The van der Waals surface area contributed by atoms with Crippen LogP contribution in [0.15, 0.2) is 12.4 Å². The van der Waals surface area contributed by atoms with Crippen LogP contribution in [0, 0.1) is 0 Å². The van der Waals surface area contributed by atoms with Gasteiger partial charge in [0.05, 0.1) is 12.4 Å². The highest BCUT2D eigenvalue weighted by Gasteiger charge is 2.15. The topological polar surface area (TPSA) is 51.0 Å². The van der Waals surface area contributed by atoms with Gasteiger partial charge in [-0.3, -0.25) is 9.69 Å². The average molecular weight is 224 g/mol. The summed E-state index contributed by atoms with van der Waals surface area (Å²) in [6.45, 7) is 9.31. The maximum atomic E-state index is 11.7. The number of nitrogens with zero attached hydrogens (tertiary/aromatic N) is 4. The molecule has 0 saturated carbocycles. The van der Waals surface area contributed by atoms with Crippen molar-refractivity contribution in [3.8, 4) is 0 Å². The Kier molecular flexibility index (Phi) is 4.61. The summed E-state index contributed by atoms with van der Waals surface area (Å²) in [4.78, 5) is 14.0. The van der Waals surface area contributed by atoms with Crippen molar-refractivity contribution in [3.05, 3.63) is 12.4 Å². The summed E-state index contributed by atoms with van der Waals surface area (Å²) in [5, 5.41) is 7.30. The highest BCUT2D eigenvalue weighted by molar-refractivity contribution is 5.77. The monoisotopic (exact) mass is 224 g/mol. The second kappa shape index (κ2) is 5.75. The third-order valence-electron chi connectivity index (χ3n) is 2.59. The third kappa shape index (κ3) is 3.41. The summed E-state index contributed by atoms with van der Waals surface area (Å²) in [5.41, 5.74) is 0. The fraction of sp³-hybridized carbons (Fsp3) is 0.727. The van der Waals surface area contributed by atoms with Gasteiger partial charge in [-0.25, -0.2) is 0 Å². The Morgan fingerprint density at radius 2 is 1.94 bits per heavy atom. The zero-order valence-corrected chi connectivity index (χ0v) is 10.4. The van der Waals surface area contributed by atoms with Crippen molar-refractivity contribution >= 4 is 5.91 Å². The molecule has 1 rings (SSSR count). The first kappa shape index (κ1) is 12.8. The molecule has 1 aromatic rings. The Balaban J connectivity index is 2.47. The van der Waals surface area contributed by atoms with Crippen molar-refractivity contribution in [1.82, 2.24) is 19.9 Å². The number of carbonyl (C=O) groups is 1. The number of hydrogen-bond donors (Lipinski definition) is 0. The molecule has 0 radical (unpaired) electrons. The van der Waals surface area contributed by atoms with E-state index >= 15 is 0 Å². The molecule has 0 aliphatic heterocycles. The Morgan fingerprint density at radius 1 is 1.31 bits per heavy atom. The minimum Gasteiger partial charge on any atom is -0.298 e. The van der Waals surface area contributed by atoms with E-state index in [0.717, 1.165) is 6.54 Å². The molecular formula is C11H20N4O. The predicted molar refractivity (Wildman–Crippen MR) is 62.2 cm³/mol. The normalized spacial score (nSPS) is 11.7. The molecule has 0 aliphatic carbocycles.